The van der Waals surface area contributed by atoms with E-state index in [-0.39, 0.29) is 36.3 Å². The normalized spacial score (nSPS) is 21.1. The van der Waals surface area contributed by atoms with Gasteiger partial charge in [-0.25, -0.2) is 0 Å². The van der Waals surface area contributed by atoms with Crippen LogP contribution in [-0.4, -0.2) is 38.4 Å². The average Bonchev–Trinajstić information content (AvgIpc) is 2.93. The minimum atomic E-state index is -0.377. The summed E-state index contributed by atoms with van der Waals surface area (Å²) in [5, 5.41) is 25.7. The van der Waals surface area contributed by atoms with Gasteiger partial charge in [-0.3, -0.25) is 9.78 Å². The Morgan fingerprint density at radius 1 is 1.46 bits per heavy atom. The number of aromatic nitrogens is 2. The third kappa shape index (κ3) is 3.47. The summed E-state index contributed by atoms with van der Waals surface area (Å²) >= 11 is 0. The van der Waals surface area contributed by atoms with Gasteiger partial charge in [0.05, 0.1) is 18.3 Å². The minimum absolute atomic E-state index is 0.112. The predicted octanol–water partition coefficient (Wildman–Crippen LogP) is 0.982. The fraction of sp³-hybridized carbons (Fsp3) is 0.471. The topological polar surface area (TPSA) is 108 Å². The lowest BCUT2D eigenvalue weighted by molar-refractivity contribution is 0.0236. The van der Waals surface area contributed by atoms with Crippen LogP contribution >= 0.6 is 0 Å². The van der Waals surface area contributed by atoms with Crippen molar-refractivity contribution in [3.05, 3.63) is 47.1 Å². The van der Waals surface area contributed by atoms with E-state index < -0.39 is 0 Å². The number of aryl methyl sites for hydroxylation is 1. The van der Waals surface area contributed by atoms with Crippen LogP contribution in [0.15, 0.2) is 28.9 Å². The predicted molar refractivity (Wildman–Crippen MR) is 85.1 cm³/mol. The minimum Gasteiger partial charge on any atom is -0.393 e. The number of nitrogens with zero attached hydrogens (tertiary/aromatic N) is 2. The Labute approximate surface area is 139 Å². The summed E-state index contributed by atoms with van der Waals surface area (Å²) in [5.41, 5.74) is 1.39. The summed E-state index contributed by atoms with van der Waals surface area (Å²) < 4.78 is 5.00. The highest BCUT2D eigenvalue weighted by Gasteiger charge is 2.35. The maximum absolute atomic E-state index is 12.5. The zero-order valence-electron chi connectivity index (χ0n) is 13.5. The van der Waals surface area contributed by atoms with Crippen LogP contribution in [0.3, 0.4) is 0 Å². The molecule has 1 fully saturated rings. The van der Waals surface area contributed by atoms with Gasteiger partial charge in [-0.05, 0) is 37.8 Å². The van der Waals surface area contributed by atoms with Crippen LogP contribution < -0.4 is 5.32 Å². The molecule has 1 unspecified atom stereocenters. The number of carbonyl (C=O) groups excluding carboxylic acids is 1. The van der Waals surface area contributed by atoms with Crippen LogP contribution in [0, 0.1) is 12.8 Å². The van der Waals surface area contributed by atoms with Gasteiger partial charge in [0.15, 0.2) is 5.69 Å². The lowest BCUT2D eigenvalue weighted by Gasteiger charge is -2.38. The van der Waals surface area contributed by atoms with Gasteiger partial charge >= 0.3 is 0 Å². The molecule has 7 heteroatoms. The molecule has 0 aromatic carbocycles. The number of pyridine rings is 1. The van der Waals surface area contributed by atoms with E-state index in [9.17, 15) is 15.0 Å². The Morgan fingerprint density at radius 3 is 2.88 bits per heavy atom. The molecule has 2 heterocycles. The van der Waals surface area contributed by atoms with Crippen molar-refractivity contribution in [2.45, 2.75) is 44.9 Å². The van der Waals surface area contributed by atoms with E-state index in [0.717, 1.165) is 5.69 Å². The molecule has 0 aliphatic heterocycles. The Bertz CT molecular complexity index is 695. The Balaban J connectivity index is 1.74. The van der Waals surface area contributed by atoms with Crippen LogP contribution in [0.25, 0.3) is 0 Å². The summed E-state index contributed by atoms with van der Waals surface area (Å²) in [7, 11) is 0. The monoisotopic (exact) mass is 331 g/mol. The quantitative estimate of drug-likeness (QED) is 0.728. The van der Waals surface area contributed by atoms with E-state index in [4.69, 9.17) is 4.52 Å². The molecular weight excluding hydrogens is 310 g/mol. The molecule has 2 aromatic rings. The van der Waals surface area contributed by atoms with Gasteiger partial charge in [0, 0.05) is 24.4 Å². The van der Waals surface area contributed by atoms with Crippen molar-refractivity contribution < 1.29 is 19.5 Å². The van der Waals surface area contributed by atoms with Crippen molar-refractivity contribution in [1.82, 2.24) is 15.5 Å². The molecule has 24 heavy (non-hydrogen) atoms. The first-order valence-electron chi connectivity index (χ1n) is 8.03. The number of aliphatic hydroxyl groups excluding tert-OH is 2. The molecule has 0 radical (unpaired) electrons. The first-order valence-corrected chi connectivity index (χ1v) is 8.03. The molecule has 1 atom stereocenters. The van der Waals surface area contributed by atoms with Gasteiger partial charge < -0.3 is 20.1 Å². The largest absolute Gasteiger partial charge is 0.393 e. The molecule has 7 nitrogen and oxygen atoms in total. The zero-order valence-corrected chi connectivity index (χ0v) is 13.5. The fourth-order valence-electron chi connectivity index (χ4n) is 3.03. The lowest BCUT2D eigenvalue weighted by Crippen LogP contribution is -2.48. The maximum Gasteiger partial charge on any atom is 0.274 e. The van der Waals surface area contributed by atoms with Gasteiger partial charge in [0.2, 0.25) is 0 Å². The van der Waals surface area contributed by atoms with Crippen molar-refractivity contribution in [1.29, 1.82) is 0 Å². The summed E-state index contributed by atoms with van der Waals surface area (Å²) in [6.07, 6.45) is 3.30. The van der Waals surface area contributed by atoms with Crippen LogP contribution in [0.5, 0.6) is 0 Å². The first kappa shape index (κ1) is 16.6. The summed E-state index contributed by atoms with van der Waals surface area (Å²) in [6.45, 7) is 1.36. The summed E-state index contributed by atoms with van der Waals surface area (Å²) in [6, 6.07) is 5.50. The number of hydrogen-bond donors (Lipinski definition) is 3. The third-order valence-corrected chi connectivity index (χ3v) is 4.55. The Kier molecular flexibility index (Phi) is 4.92. The standard InChI is InChI=1S/C17H21N3O4/c1-10-14(9-21)16(20-24-10)17(23)19-15(11-6-13(22)7-11)8-12-4-2-3-5-18-12/h2-5,11,13,15,21-22H,6-9H2,1H3,(H,19,23). The van der Waals surface area contributed by atoms with Gasteiger partial charge in [-0.1, -0.05) is 11.2 Å². The lowest BCUT2D eigenvalue weighted by atomic mass is 9.76. The number of carbonyl (C=O) groups is 1. The van der Waals surface area contributed by atoms with Crippen LogP contribution in [0.4, 0.5) is 0 Å². The molecule has 0 saturated heterocycles. The number of amides is 1. The number of aliphatic hydroxyl groups is 2. The molecule has 1 amide bonds. The van der Waals surface area contributed by atoms with E-state index >= 15 is 0 Å². The molecule has 0 spiro atoms. The summed E-state index contributed by atoms with van der Waals surface area (Å²) in [5.74, 6) is 0.248. The first-order chi connectivity index (χ1) is 11.6. The maximum atomic E-state index is 12.5. The fourth-order valence-corrected chi connectivity index (χ4v) is 3.03. The second-order valence-electron chi connectivity index (χ2n) is 6.21. The third-order valence-electron chi connectivity index (χ3n) is 4.55. The molecule has 1 aliphatic rings. The van der Waals surface area contributed by atoms with Crippen LogP contribution in [0.2, 0.25) is 0 Å². The highest BCUT2D eigenvalue weighted by atomic mass is 16.5. The highest BCUT2D eigenvalue weighted by molar-refractivity contribution is 5.94. The molecule has 3 rings (SSSR count). The molecule has 1 aliphatic carbocycles. The van der Waals surface area contributed by atoms with Crippen LogP contribution in [0.1, 0.15) is 40.3 Å². The molecule has 0 bridgehead atoms. The van der Waals surface area contributed by atoms with Crippen molar-refractivity contribution >= 4 is 5.91 Å². The molecular formula is C17H21N3O4. The van der Waals surface area contributed by atoms with Crippen LogP contribution in [-0.2, 0) is 13.0 Å². The highest BCUT2D eigenvalue weighted by Crippen LogP contribution is 2.31. The van der Waals surface area contributed by atoms with E-state index in [1.165, 1.54) is 0 Å². The molecule has 1 saturated carbocycles. The van der Waals surface area contributed by atoms with Gasteiger partial charge in [-0.15, -0.1) is 0 Å². The SMILES string of the molecule is Cc1onc(C(=O)NC(Cc2ccccn2)C2CC(O)C2)c1CO. The summed E-state index contributed by atoms with van der Waals surface area (Å²) in [4.78, 5) is 16.8. The number of nitrogens with one attached hydrogen (secondary N) is 1. The number of hydrogen-bond acceptors (Lipinski definition) is 6. The van der Waals surface area contributed by atoms with Crippen molar-refractivity contribution in [2.24, 2.45) is 5.92 Å². The smallest absolute Gasteiger partial charge is 0.274 e. The molecule has 2 aromatic heterocycles. The van der Waals surface area contributed by atoms with Crippen molar-refractivity contribution in [2.75, 3.05) is 0 Å². The van der Waals surface area contributed by atoms with Crippen molar-refractivity contribution in [3.63, 3.8) is 0 Å². The second-order valence-corrected chi connectivity index (χ2v) is 6.21. The molecule has 128 valence electrons. The zero-order chi connectivity index (χ0) is 17.1. The van der Waals surface area contributed by atoms with E-state index in [1.807, 2.05) is 18.2 Å². The average molecular weight is 331 g/mol. The van der Waals surface area contributed by atoms with Gasteiger partial charge in [0.1, 0.15) is 5.76 Å². The van der Waals surface area contributed by atoms with Crippen molar-refractivity contribution in [3.8, 4) is 0 Å². The van der Waals surface area contributed by atoms with E-state index in [2.05, 4.69) is 15.5 Å². The van der Waals surface area contributed by atoms with E-state index in [1.54, 1.807) is 13.1 Å². The van der Waals surface area contributed by atoms with E-state index in [0.29, 0.717) is 30.6 Å². The second kappa shape index (κ2) is 7.11. The number of rotatable bonds is 6. The Morgan fingerprint density at radius 2 is 2.25 bits per heavy atom. The van der Waals surface area contributed by atoms with Gasteiger partial charge in [-0.2, -0.15) is 0 Å². The molecule has 3 N–H and O–H groups in total. The Hall–Kier alpha value is -2.25. The van der Waals surface area contributed by atoms with Gasteiger partial charge in [0.25, 0.3) is 5.91 Å².